The van der Waals surface area contributed by atoms with Gasteiger partial charge >= 0.3 is 0 Å². The van der Waals surface area contributed by atoms with Gasteiger partial charge in [-0.05, 0) is 54.0 Å². The highest BCUT2D eigenvalue weighted by Gasteiger charge is 2.34. The zero-order chi connectivity index (χ0) is 18.0. The highest BCUT2D eigenvalue weighted by molar-refractivity contribution is 9.10. The van der Waals surface area contributed by atoms with E-state index >= 15 is 0 Å². The quantitative estimate of drug-likeness (QED) is 0.471. The van der Waals surface area contributed by atoms with Crippen molar-refractivity contribution in [1.82, 2.24) is 5.32 Å². The Balaban J connectivity index is 2.01. The van der Waals surface area contributed by atoms with E-state index in [9.17, 15) is 9.59 Å². The van der Waals surface area contributed by atoms with Gasteiger partial charge in [-0.15, -0.1) is 0 Å². The number of anilines is 1. The Bertz CT molecular complexity index is 891. The fraction of sp³-hybridized carbons (Fsp3) is 0.105. The Morgan fingerprint density at radius 2 is 1.80 bits per heavy atom. The molecule has 0 aliphatic carbocycles. The topological polar surface area (TPSA) is 49.4 Å². The molecule has 1 aliphatic rings. The zero-order valence-corrected chi connectivity index (χ0v) is 15.9. The summed E-state index contributed by atoms with van der Waals surface area (Å²) >= 11 is 8.63. The molecular weight excluding hydrogens is 400 g/mol. The van der Waals surface area contributed by atoms with E-state index in [1.165, 1.54) is 4.90 Å². The van der Waals surface area contributed by atoms with Crippen molar-refractivity contribution in [2.24, 2.45) is 0 Å². The third-order valence-corrected chi connectivity index (χ3v) is 4.92. The van der Waals surface area contributed by atoms with Gasteiger partial charge in [0.2, 0.25) is 0 Å². The fourth-order valence-corrected chi connectivity index (χ4v) is 3.20. The van der Waals surface area contributed by atoms with Crippen molar-refractivity contribution in [3.8, 4) is 0 Å². The highest BCUT2D eigenvalue weighted by Crippen LogP contribution is 2.24. The summed E-state index contributed by atoms with van der Waals surface area (Å²) in [6, 6.07) is 14.9. The molecule has 2 amide bonds. The van der Waals surface area contributed by atoms with Crippen LogP contribution in [0.15, 0.2) is 58.6 Å². The molecule has 6 heteroatoms. The second-order valence-electron chi connectivity index (χ2n) is 5.50. The smallest absolute Gasteiger partial charge is 0.270 e. The first-order chi connectivity index (χ1) is 12.0. The number of rotatable bonds is 3. The minimum atomic E-state index is -0.493. The van der Waals surface area contributed by atoms with Gasteiger partial charge in [-0.1, -0.05) is 53.2 Å². The Morgan fingerprint density at radius 1 is 1.12 bits per heavy atom. The van der Waals surface area contributed by atoms with E-state index < -0.39 is 11.8 Å². The minimum absolute atomic E-state index is 0.0417. The molecule has 1 fully saturated rings. The van der Waals surface area contributed by atoms with Crippen molar-refractivity contribution in [3.05, 3.63) is 69.7 Å². The summed E-state index contributed by atoms with van der Waals surface area (Å²) in [6.07, 6.45) is 2.47. The molecule has 2 aromatic carbocycles. The number of nitrogens with one attached hydrogen (secondary N) is 1. The number of thiocarbonyl (C=S) groups is 1. The molecule has 1 saturated heterocycles. The largest absolute Gasteiger partial charge is 0.298 e. The Hall–Kier alpha value is -2.31. The van der Waals surface area contributed by atoms with E-state index in [-0.39, 0.29) is 10.7 Å². The van der Waals surface area contributed by atoms with Crippen LogP contribution in [0, 0.1) is 0 Å². The number of benzene rings is 2. The highest BCUT2D eigenvalue weighted by atomic mass is 79.9. The van der Waals surface area contributed by atoms with E-state index in [1.54, 1.807) is 6.08 Å². The molecule has 0 radical (unpaired) electrons. The molecule has 25 heavy (non-hydrogen) atoms. The lowest BCUT2D eigenvalue weighted by Crippen LogP contribution is -2.54. The first kappa shape index (κ1) is 17.5. The van der Waals surface area contributed by atoms with Crippen LogP contribution in [0.4, 0.5) is 5.69 Å². The van der Waals surface area contributed by atoms with Crippen LogP contribution < -0.4 is 10.2 Å². The van der Waals surface area contributed by atoms with Crippen molar-refractivity contribution in [2.75, 3.05) is 4.90 Å². The Labute approximate surface area is 159 Å². The minimum Gasteiger partial charge on any atom is -0.298 e. The zero-order valence-electron chi connectivity index (χ0n) is 13.5. The molecule has 2 aromatic rings. The SMILES string of the molecule is CCc1ccc(N2C(=O)/C(=C/c3ccccc3Br)C(=O)NC2=S)cc1. The van der Waals surface area contributed by atoms with Gasteiger partial charge in [0.15, 0.2) is 5.11 Å². The van der Waals surface area contributed by atoms with Gasteiger partial charge in [-0.25, -0.2) is 0 Å². The summed E-state index contributed by atoms with van der Waals surface area (Å²) in [5.41, 5.74) is 2.58. The maximum Gasteiger partial charge on any atom is 0.270 e. The van der Waals surface area contributed by atoms with Crippen molar-refractivity contribution in [2.45, 2.75) is 13.3 Å². The van der Waals surface area contributed by atoms with Crippen molar-refractivity contribution < 1.29 is 9.59 Å². The van der Waals surface area contributed by atoms with E-state index in [0.29, 0.717) is 5.69 Å². The number of hydrogen-bond donors (Lipinski definition) is 1. The van der Waals surface area contributed by atoms with Crippen LogP contribution in [0.3, 0.4) is 0 Å². The molecular formula is C19H15BrN2O2S. The van der Waals surface area contributed by atoms with Gasteiger partial charge in [0.1, 0.15) is 5.57 Å². The number of halogens is 1. The molecule has 1 N–H and O–H groups in total. The lowest BCUT2D eigenvalue weighted by molar-refractivity contribution is -0.122. The van der Waals surface area contributed by atoms with E-state index in [0.717, 1.165) is 22.0 Å². The summed E-state index contributed by atoms with van der Waals surface area (Å²) in [6.45, 7) is 2.06. The van der Waals surface area contributed by atoms with Gasteiger partial charge in [0.05, 0.1) is 5.69 Å². The number of amides is 2. The average molecular weight is 415 g/mol. The summed E-state index contributed by atoms with van der Waals surface area (Å²) in [4.78, 5) is 26.5. The normalized spacial score (nSPS) is 16.3. The number of aryl methyl sites for hydroxylation is 1. The van der Waals surface area contributed by atoms with Gasteiger partial charge in [0.25, 0.3) is 11.8 Å². The molecule has 126 valence electrons. The summed E-state index contributed by atoms with van der Waals surface area (Å²) in [5.74, 6) is -0.930. The van der Waals surface area contributed by atoms with Crippen LogP contribution in [0.25, 0.3) is 6.08 Å². The number of hydrogen-bond acceptors (Lipinski definition) is 3. The van der Waals surface area contributed by atoms with Crippen LogP contribution in [0.5, 0.6) is 0 Å². The lowest BCUT2D eigenvalue weighted by Gasteiger charge is -2.29. The van der Waals surface area contributed by atoms with Crippen LogP contribution in [0.1, 0.15) is 18.1 Å². The molecule has 0 spiro atoms. The van der Waals surface area contributed by atoms with Crippen molar-refractivity contribution in [1.29, 1.82) is 0 Å². The average Bonchev–Trinajstić information content (AvgIpc) is 2.60. The molecule has 1 heterocycles. The number of carbonyl (C=O) groups is 2. The maximum absolute atomic E-state index is 12.9. The summed E-state index contributed by atoms with van der Waals surface area (Å²) < 4.78 is 0.801. The van der Waals surface area contributed by atoms with E-state index in [1.807, 2.05) is 48.5 Å². The maximum atomic E-state index is 12.9. The molecule has 3 rings (SSSR count). The summed E-state index contributed by atoms with van der Waals surface area (Å²) in [7, 11) is 0. The van der Waals surface area contributed by atoms with Gasteiger partial charge < -0.3 is 0 Å². The van der Waals surface area contributed by atoms with E-state index in [2.05, 4.69) is 28.2 Å². The van der Waals surface area contributed by atoms with E-state index in [4.69, 9.17) is 12.2 Å². The monoisotopic (exact) mass is 414 g/mol. The van der Waals surface area contributed by atoms with Crippen LogP contribution in [0.2, 0.25) is 0 Å². The number of carbonyl (C=O) groups excluding carboxylic acids is 2. The standard InChI is InChI=1S/C19H15BrN2O2S/c1-2-12-7-9-14(10-8-12)22-18(24)15(17(23)21-19(22)25)11-13-5-3-4-6-16(13)20/h3-11H,2H2,1H3,(H,21,23,25)/b15-11+. The second kappa shape index (κ2) is 7.29. The number of nitrogens with zero attached hydrogens (tertiary/aromatic N) is 1. The lowest BCUT2D eigenvalue weighted by atomic mass is 10.1. The Kier molecular flexibility index (Phi) is 5.11. The first-order valence-corrected chi connectivity index (χ1v) is 8.96. The molecule has 4 nitrogen and oxygen atoms in total. The third kappa shape index (κ3) is 3.55. The first-order valence-electron chi connectivity index (χ1n) is 7.76. The van der Waals surface area contributed by atoms with Gasteiger partial charge in [-0.2, -0.15) is 0 Å². The fourth-order valence-electron chi connectivity index (χ4n) is 2.52. The van der Waals surface area contributed by atoms with Gasteiger partial charge in [0, 0.05) is 4.47 Å². The van der Waals surface area contributed by atoms with Crippen LogP contribution in [-0.4, -0.2) is 16.9 Å². The molecule has 0 atom stereocenters. The molecule has 0 unspecified atom stereocenters. The second-order valence-corrected chi connectivity index (χ2v) is 6.74. The van der Waals surface area contributed by atoms with Crippen molar-refractivity contribution in [3.63, 3.8) is 0 Å². The molecule has 0 aromatic heterocycles. The van der Waals surface area contributed by atoms with Crippen LogP contribution in [-0.2, 0) is 16.0 Å². The third-order valence-electron chi connectivity index (χ3n) is 3.91. The van der Waals surface area contributed by atoms with Crippen molar-refractivity contribution >= 4 is 56.8 Å². The predicted molar refractivity (Wildman–Crippen MR) is 106 cm³/mol. The Morgan fingerprint density at radius 3 is 2.44 bits per heavy atom. The van der Waals surface area contributed by atoms with Crippen LogP contribution >= 0.6 is 28.1 Å². The summed E-state index contributed by atoms with van der Waals surface area (Å²) in [5, 5.41) is 2.68. The molecule has 0 bridgehead atoms. The van der Waals surface area contributed by atoms with Gasteiger partial charge in [-0.3, -0.25) is 19.8 Å². The predicted octanol–water partition coefficient (Wildman–Crippen LogP) is 3.84. The molecule has 0 saturated carbocycles. The molecule has 1 aliphatic heterocycles.